The summed E-state index contributed by atoms with van der Waals surface area (Å²) in [5, 5.41) is 13.2. The van der Waals surface area contributed by atoms with Gasteiger partial charge in [-0.2, -0.15) is 0 Å². The molecular formula is C20H25ClFNO2. The van der Waals surface area contributed by atoms with Crippen molar-refractivity contribution in [2.24, 2.45) is 0 Å². The lowest BCUT2D eigenvalue weighted by molar-refractivity contribution is 0.396. The number of halogens is 2. The summed E-state index contributed by atoms with van der Waals surface area (Å²) < 4.78 is 19.7. The molecule has 0 amide bonds. The normalized spacial score (nSPS) is 16.0. The Morgan fingerprint density at radius 3 is 2.80 bits per heavy atom. The second-order valence-corrected chi connectivity index (χ2v) is 6.31. The molecule has 0 heterocycles. The number of ether oxygens (including phenoxy) is 1. The maximum atomic E-state index is 14.3. The molecule has 136 valence electrons. The summed E-state index contributed by atoms with van der Waals surface area (Å²) in [6.07, 6.45) is 3.68. The van der Waals surface area contributed by atoms with Crippen LogP contribution in [0.2, 0.25) is 0 Å². The van der Waals surface area contributed by atoms with Crippen LogP contribution in [0, 0.1) is 5.82 Å². The summed E-state index contributed by atoms with van der Waals surface area (Å²) in [6.45, 7) is 1.50. The molecule has 5 heteroatoms. The predicted octanol–water partition coefficient (Wildman–Crippen LogP) is 4.21. The highest BCUT2D eigenvalue weighted by Crippen LogP contribution is 2.38. The number of benzene rings is 2. The lowest BCUT2D eigenvalue weighted by Crippen LogP contribution is -2.27. The zero-order valence-electron chi connectivity index (χ0n) is 14.4. The van der Waals surface area contributed by atoms with Crippen LogP contribution in [0.5, 0.6) is 11.5 Å². The molecule has 3 rings (SSSR count). The van der Waals surface area contributed by atoms with E-state index in [4.69, 9.17) is 4.74 Å². The molecule has 1 aliphatic carbocycles. The van der Waals surface area contributed by atoms with Crippen molar-refractivity contribution in [3.8, 4) is 11.5 Å². The highest BCUT2D eigenvalue weighted by molar-refractivity contribution is 5.85. The molecule has 2 aromatic carbocycles. The lowest BCUT2D eigenvalue weighted by Gasteiger charge is -2.27. The van der Waals surface area contributed by atoms with Crippen LogP contribution in [-0.2, 0) is 12.8 Å². The van der Waals surface area contributed by atoms with Gasteiger partial charge in [-0.1, -0.05) is 18.2 Å². The maximum absolute atomic E-state index is 14.3. The van der Waals surface area contributed by atoms with Crippen LogP contribution < -0.4 is 10.1 Å². The van der Waals surface area contributed by atoms with E-state index in [0.717, 1.165) is 61.2 Å². The maximum Gasteiger partial charge on any atom is 0.127 e. The number of phenolic OH excluding ortho intramolecular Hbond substituents is 1. The fraction of sp³-hybridized carbons (Fsp3) is 0.400. The first kappa shape index (κ1) is 19.5. The van der Waals surface area contributed by atoms with Crippen LogP contribution in [0.3, 0.4) is 0 Å². The Morgan fingerprint density at radius 2 is 2.04 bits per heavy atom. The molecule has 0 bridgehead atoms. The molecular weight excluding hydrogens is 341 g/mol. The Bertz CT molecular complexity index is 708. The number of fused-ring (bicyclic) bond motifs is 1. The van der Waals surface area contributed by atoms with Gasteiger partial charge in [-0.15, -0.1) is 12.4 Å². The third-order valence-corrected chi connectivity index (χ3v) is 4.82. The van der Waals surface area contributed by atoms with E-state index in [1.165, 1.54) is 6.07 Å². The summed E-state index contributed by atoms with van der Waals surface area (Å²) >= 11 is 0. The molecule has 0 spiro atoms. The van der Waals surface area contributed by atoms with Gasteiger partial charge in [0.05, 0.1) is 7.11 Å². The number of hydrogen-bond acceptors (Lipinski definition) is 3. The van der Waals surface area contributed by atoms with Crippen molar-refractivity contribution in [2.75, 3.05) is 20.2 Å². The second-order valence-electron chi connectivity index (χ2n) is 6.31. The molecule has 2 N–H and O–H groups in total. The van der Waals surface area contributed by atoms with Crippen LogP contribution >= 0.6 is 12.4 Å². The van der Waals surface area contributed by atoms with Crippen LogP contribution in [0.1, 0.15) is 35.4 Å². The van der Waals surface area contributed by atoms with E-state index in [1.807, 2.05) is 18.2 Å². The summed E-state index contributed by atoms with van der Waals surface area (Å²) in [6, 6.07) is 10.6. The van der Waals surface area contributed by atoms with E-state index in [1.54, 1.807) is 19.2 Å². The molecule has 0 saturated heterocycles. The minimum absolute atomic E-state index is 0. The number of phenols is 1. The molecule has 1 atom stereocenters. The lowest BCUT2D eigenvalue weighted by atomic mass is 9.82. The van der Waals surface area contributed by atoms with Gasteiger partial charge in [0.15, 0.2) is 0 Å². The Balaban J connectivity index is 0.00000225. The van der Waals surface area contributed by atoms with Gasteiger partial charge in [-0.3, -0.25) is 0 Å². The second kappa shape index (κ2) is 9.07. The van der Waals surface area contributed by atoms with Crippen molar-refractivity contribution in [3.05, 3.63) is 58.9 Å². The van der Waals surface area contributed by atoms with E-state index in [9.17, 15) is 9.50 Å². The monoisotopic (exact) mass is 365 g/mol. The quantitative estimate of drug-likeness (QED) is 0.753. The molecule has 3 nitrogen and oxygen atoms in total. The van der Waals surface area contributed by atoms with Crippen molar-refractivity contribution >= 4 is 12.4 Å². The molecule has 0 aromatic heterocycles. The Hall–Kier alpha value is -1.78. The van der Waals surface area contributed by atoms with Gasteiger partial charge in [-0.25, -0.2) is 4.39 Å². The Labute approximate surface area is 154 Å². The van der Waals surface area contributed by atoms with Gasteiger partial charge in [0.25, 0.3) is 0 Å². The van der Waals surface area contributed by atoms with Gasteiger partial charge < -0.3 is 15.2 Å². The smallest absolute Gasteiger partial charge is 0.127 e. The van der Waals surface area contributed by atoms with Crippen molar-refractivity contribution in [3.63, 3.8) is 0 Å². The molecule has 0 radical (unpaired) electrons. The minimum Gasteiger partial charge on any atom is -0.508 e. The summed E-state index contributed by atoms with van der Waals surface area (Å²) in [4.78, 5) is 0. The van der Waals surface area contributed by atoms with E-state index < -0.39 is 0 Å². The van der Waals surface area contributed by atoms with Gasteiger partial charge in [0.2, 0.25) is 0 Å². The molecule has 25 heavy (non-hydrogen) atoms. The standard InChI is InChI=1S/C20H24FNO2.ClH/c1-24-19-10-9-17(21)20-15(6-4-7-16(19)20)13-22-12-11-14-5-2-3-8-18(14)23;/h2-3,5,8-10,15,22-23H,4,6-7,11-13H2,1H3;1H/t15-;/m1./s1. The van der Waals surface area contributed by atoms with Gasteiger partial charge >= 0.3 is 0 Å². The van der Waals surface area contributed by atoms with Crippen molar-refractivity contribution in [1.82, 2.24) is 5.32 Å². The topological polar surface area (TPSA) is 41.5 Å². The number of para-hydroxylation sites is 1. The molecule has 0 unspecified atom stereocenters. The van der Waals surface area contributed by atoms with Crippen molar-refractivity contribution < 1.29 is 14.2 Å². The first-order valence-corrected chi connectivity index (χ1v) is 8.53. The van der Waals surface area contributed by atoms with E-state index in [-0.39, 0.29) is 24.1 Å². The minimum atomic E-state index is -0.127. The summed E-state index contributed by atoms with van der Waals surface area (Å²) in [7, 11) is 1.64. The van der Waals surface area contributed by atoms with Crippen molar-refractivity contribution in [1.29, 1.82) is 0 Å². The van der Waals surface area contributed by atoms with Crippen molar-refractivity contribution in [2.45, 2.75) is 31.6 Å². The van der Waals surface area contributed by atoms with Gasteiger partial charge in [0, 0.05) is 12.1 Å². The highest BCUT2D eigenvalue weighted by Gasteiger charge is 2.26. The third kappa shape index (κ3) is 4.44. The zero-order valence-corrected chi connectivity index (χ0v) is 15.2. The first-order valence-electron chi connectivity index (χ1n) is 8.53. The van der Waals surface area contributed by atoms with Crippen LogP contribution in [0.15, 0.2) is 36.4 Å². The van der Waals surface area contributed by atoms with Gasteiger partial charge in [-0.05, 0) is 67.5 Å². The van der Waals surface area contributed by atoms with Crippen LogP contribution in [0.4, 0.5) is 4.39 Å². The van der Waals surface area contributed by atoms with Crippen LogP contribution in [0.25, 0.3) is 0 Å². The molecule has 0 aliphatic heterocycles. The van der Waals surface area contributed by atoms with E-state index in [0.29, 0.717) is 5.75 Å². The molecule has 2 aromatic rings. The third-order valence-electron chi connectivity index (χ3n) is 4.82. The van der Waals surface area contributed by atoms with E-state index >= 15 is 0 Å². The van der Waals surface area contributed by atoms with Crippen LogP contribution in [-0.4, -0.2) is 25.3 Å². The molecule has 0 saturated carbocycles. The fourth-order valence-corrected chi connectivity index (χ4v) is 3.60. The zero-order chi connectivity index (χ0) is 16.9. The summed E-state index contributed by atoms with van der Waals surface area (Å²) in [5.41, 5.74) is 2.77. The Kier molecular flexibility index (Phi) is 7.09. The molecule has 1 aliphatic rings. The highest BCUT2D eigenvalue weighted by atomic mass is 35.5. The first-order chi connectivity index (χ1) is 11.7. The number of aromatic hydroxyl groups is 1. The SMILES string of the molecule is COc1ccc(F)c2c1CCC[C@@H]2CNCCc1ccccc1O.Cl. The number of nitrogens with one attached hydrogen (secondary N) is 1. The number of rotatable bonds is 6. The summed E-state index contributed by atoms with van der Waals surface area (Å²) in [5.74, 6) is 1.18. The number of hydrogen-bond donors (Lipinski definition) is 2. The average Bonchev–Trinajstić information content (AvgIpc) is 2.60. The Morgan fingerprint density at radius 1 is 1.24 bits per heavy atom. The fourth-order valence-electron chi connectivity index (χ4n) is 3.60. The average molecular weight is 366 g/mol. The largest absolute Gasteiger partial charge is 0.508 e. The van der Waals surface area contributed by atoms with E-state index in [2.05, 4.69) is 5.32 Å². The van der Waals surface area contributed by atoms with Gasteiger partial charge in [0.1, 0.15) is 17.3 Å². The number of methoxy groups -OCH3 is 1. The predicted molar refractivity (Wildman–Crippen MR) is 101 cm³/mol. The molecule has 0 fully saturated rings.